The molecule has 0 saturated carbocycles. The van der Waals surface area contributed by atoms with E-state index < -0.39 is 5.60 Å². The topological polar surface area (TPSA) is 26.3 Å². The SMILES string of the molecule is COC1(c2ccccc2)C=CC(=O)C=C1. The molecule has 2 nitrogen and oxygen atoms in total. The average molecular weight is 200 g/mol. The van der Waals surface area contributed by atoms with Gasteiger partial charge in [-0.3, -0.25) is 4.79 Å². The number of hydrogen-bond acceptors (Lipinski definition) is 2. The highest BCUT2D eigenvalue weighted by atomic mass is 16.5. The van der Waals surface area contributed by atoms with Crippen molar-refractivity contribution in [3.8, 4) is 0 Å². The molecule has 0 atom stereocenters. The molecule has 0 aliphatic heterocycles. The maximum Gasteiger partial charge on any atom is 0.178 e. The Balaban J connectivity index is 2.44. The number of carbonyl (C=O) groups is 1. The third-order valence-electron chi connectivity index (χ3n) is 2.55. The van der Waals surface area contributed by atoms with Gasteiger partial charge in [0.25, 0.3) is 0 Å². The second-order valence-electron chi connectivity index (χ2n) is 3.43. The van der Waals surface area contributed by atoms with Crippen molar-refractivity contribution >= 4 is 5.78 Å². The van der Waals surface area contributed by atoms with Crippen molar-refractivity contribution < 1.29 is 9.53 Å². The molecule has 1 aromatic carbocycles. The first-order chi connectivity index (χ1) is 7.27. The highest BCUT2D eigenvalue weighted by molar-refractivity contribution is 6.00. The number of benzene rings is 1. The fraction of sp³-hybridized carbons (Fsp3) is 0.154. The van der Waals surface area contributed by atoms with Crippen molar-refractivity contribution in [1.82, 2.24) is 0 Å². The van der Waals surface area contributed by atoms with Gasteiger partial charge in [-0.1, -0.05) is 30.3 Å². The Kier molecular flexibility index (Phi) is 2.52. The standard InChI is InChI=1S/C13H12O2/c1-15-13(9-7-12(14)8-10-13)11-5-3-2-4-6-11/h2-10H,1H3. The number of ether oxygens (including phenoxy) is 1. The Bertz CT molecular complexity index is 399. The van der Waals surface area contributed by atoms with E-state index >= 15 is 0 Å². The first kappa shape index (κ1) is 9.87. The Hall–Kier alpha value is -1.67. The molecule has 0 saturated heterocycles. The molecule has 0 aromatic heterocycles. The summed E-state index contributed by atoms with van der Waals surface area (Å²) < 4.78 is 5.49. The second-order valence-corrected chi connectivity index (χ2v) is 3.43. The molecule has 1 aliphatic rings. The van der Waals surface area contributed by atoms with E-state index in [0.29, 0.717) is 0 Å². The van der Waals surface area contributed by atoms with Crippen LogP contribution in [0.5, 0.6) is 0 Å². The minimum atomic E-state index is -0.588. The molecule has 0 amide bonds. The Morgan fingerprint density at radius 1 is 1.07 bits per heavy atom. The molecule has 2 heteroatoms. The van der Waals surface area contributed by atoms with E-state index in [1.807, 2.05) is 30.3 Å². The molecule has 0 unspecified atom stereocenters. The van der Waals surface area contributed by atoms with E-state index in [1.54, 1.807) is 19.3 Å². The highest BCUT2D eigenvalue weighted by Gasteiger charge is 2.27. The summed E-state index contributed by atoms with van der Waals surface area (Å²) in [5.41, 5.74) is 0.433. The molecule has 15 heavy (non-hydrogen) atoms. The molecule has 0 bridgehead atoms. The van der Waals surface area contributed by atoms with Gasteiger partial charge in [0, 0.05) is 7.11 Å². The van der Waals surface area contributed by atoms with Gasteiger partial charge in [-0.05, 0) is 29.9 Å². The quantitative estimate of drug-likeness (QED) is 0.731. The van der Waals surface area contributed by atoms with Gasteiger partial charge in [0.05, 0.1) is 0 Å². The van der Waals surface area contributed by atoms with Crippen LogP contribution in [-0.2, 0) is 15.1 Å². The van der Waals surface area contributed by atoms with Crippen LogP contribution in [0.25, 0.3) is 0 Å². The Morgan fingerprint density at radius 3 is 2.20 bits per heavy atom. The van der Waals surface area contributed by atoms with Crippen LogP contribution in [-0.4, -0.2) is 12.9 Å². The average Bonchev–Trinajstić information content (AvgIpc) is 2.32. The van der Waals surface area contributed by atoms with E-state index in [-0.39, 0.29) is 5.78 Å². The summed E-state index contributed by atoms with van der Waals surface area (Å²) in [7, 11) is 1.64. The van der Waals surface area contributed by atoms with Gasteiger partial charge in [0.1, 0.15) is 5.60 Å². The number of ketones is 1. The van der Waals surface area contributed by atoms with Crippen molar-refractivity contribution in [3.63, 3.8) is 0 Å². The first-order valence-electron chi connectivity index (χ1n) is 4.80. The molecule has 1 aromatic rings. The monoisotopic (exact) mass is 200 g/mol. The summed E-state index contributed by atoms with van der Waals surface area (Å²) >= 11 is 0. The molecule has 1 aliphatic carbocycles. The summed E-state index contributed by atoms with van der Waals surface area (Å²) in [6, 6.07) is 9.82. The molecule has 2 rings (SSSR count). The van der Waals surface area contributed by atoms with Crippen LogP contribution in [0.1, 0.15) is 5.56 Å². The number of hydrogen-bond donors (Lipinski definition) is 0. The van der Waals surface area contributed by atoms with Gasteiger partial charge >= 0.3 is 0 Å². The van der Waals surface area contributed by atoms with Gasteiger partial charge in [-0.15, -0.1) is 0 Å². The van der Waals surface area contributed by atoms with Gasteiger partial charge < -0.3 is 4.74 Å². The van der Waals surface area contributed by atoms with E-state index in [0.717, 1.165) is 5.56 Å². The predicted molar refractivity (Wildman–Crippen MR) is 58.4 cm³/mol. The summed E-state index contributed by atoms with van der Waals surface area (Å²) in [6.45, 7) is 0. The molecule has 76 valence electrons. The zero-order chi connectivity index (χ0) is 10.7. The van der Waals surface area contributed by atoms with Crippen LogP contribution in [0.3, 0.4) is 0 Å². The maximum atomic E-state index is 11.1. The molecule has 0 spiro atoms. The molecular weight excluding hydrogens is 188 g/mol. The number of rotatable bonds is 2. The van der Waals surface area contributed by atoms with Crippen molar-refractivity contribution in [1.29, 1.82) is 0 Å². The molecular formula is C13H12O2. The van der Waals surface area contributed by atoms with E-state index in [9.17, 15) is 4.79 Å². The second kappa shape index (κ2) is 3.83. The van der Waals surface area contributed by atoms with Crippen molar-refractivity contribution in [2.24, 2.45) is 0 Å². The summed E-state index contributed by atoms with van der Waals surface area (Å²) in [5.74, 6) is -0.00129. The summed E-state index contributed by atoms with van der Waals surface area (Å²) in [6.07, 6.45) is 6.64. The maximum absolute atomic E-state index is 11.1. The molecule has 0 heterocycles. The zero-order valence-corrected chi connectivity index (χ0v) is 8.51. The lowest BCUT2D eigenvalue weighted by Crippen LogP contribution is -2.25. The van der Waals surface area contributed by atoms with Crippen LogP contribution in [0.15, 0.2) is 54.6 Å². The first-order valence-corrected chi connectivity index (χ1v) is 4.80. The minimum absolute atomic E-state index is 0.00129. The molecule has 0 fully saturated rings. The third-order valence-corrected chi connectivity index (χ3v) is 2.55. The summed E-state index contributed by atoms with van der Waals surface area (Å²) in [5, 5.41) is 0. The lowest BCUT2D eigenvalue weighted by atomic mass is 9.89. The lowest BCUT2D eigenvalue weighted by molar-refractivity contribution is -0.110. The molecule has 0 N–H and O–H groups in total. The van der Waals surface area contributed by atoms with Crippen LogP contribution >= 0.6 is 0 Å². The van der Waals surface area contributed by atoms with Crippen molar-refractivity contribution in [2.75, 3.05) is 7.11 Å². The Labute approximate surface area is 88.9 Å². The van der Waals surface area contributed by atoms with Gasteiger partial charge in [-0.25, -0.2) is 0 Å². The Morgan fingerprint density at radius 2 is 1.67 bits per heavy atom. The third kappa shape index (κ3) is 1.76. The van der Waals surface area contributed by atoms with Crippen molar-refractivity contribution in [2.45, 2.75) is 5.60 Å². The highest BCUT2D eigenvalue weighted by Crippen LogP contribution is 2.30. The van der Waals surface area contributed by atoms with Gasteiger partial charge in [-0.2, -0.15) is 0 Å². The predicted octanol–water partition coefficient (Wildman–Crippen LogP) is 2.22. The van der Waals surface area contributed by atoms with E-state index in [4.69, 9.17) is 4.74 Å². The fourth-order valence-electron chi connectivity index (χ4n) is 1.67. The van der Waals surface area contributed by atoms with Gasteiger partial charge in [0.2, 0.25) is 0 Å². The van der Waals surface area contributed by atoms with Crippen LogP contribution in [0, 0.1) is 0 Å². The van der Waals surface area contributed by atoms with E-state index in [1.165, 1.54) is 12.2 Å². The normalized spacial score (nSPS) is 18.1. The van der Waals surface area contributed by atoms with E-state index in [2.05, 4.69) is 0 Å². The lowest BCUT2D eigenvalue weighted by Gasteiger charge is -2.27. The molecule has 0 radical (unpaired) electrons. The van der Waals surface area contributed by atoms with Crippen LogP contribution in [0.2, 0.25) is 0 Å². The van der Waals surface area contributed by atoms with Gasteiger partial charge in [0.15, 0.2) is 5.78 Å². The van der Waals surface area contributed by atoms with Crippen molar-refractivity contribution in [3.05, 3.63) is 60.2 Å². The summed E-state index contributed by atoms with van der Waals surface area (Å²) in [4.78, 5) is 11.1. The number of carbonyl (C=O) groups excluding carboxylic acids is 1. The number of methoxy groups -OCH3 is 1. The number of allylic oxidation sites excluding steroid dienone is 2. The largest absolute Gasteiger partial charge is 0.365 e. The smallest absolute Gasteiger partial charge is 0.178 e. The fourth-order valence-corrected chi connectivity index (χ4v) is 1.67. The minimum Gasteiger partial charge on any atom is -0.365 e. The van der Waals surface area contributed by atoms with Crippen LogP contribution in [0.4, 0.5) is 0 Å². The van der Waals surface area contributed by atoms with Crippen LogP contribution < -0.4 is 0 Å². The zero-order valence-electron chi connectivity index (χ0n) is 8.51.